The van der Waals surface area contributed by atoms with E-state index in [0.717, 1.165) is 26.2 Å². The third-order valence-corrected chi connectivity index (χ3v) is 2.57. The fourth-order valence-electron chi connectivity index (χ4n) is 1.72. The lowest BCUT2D eigenvalue weighted by molar-refractivity contribution is -0.0210. The molecule has 5 nitrogen and oxygen atoms in total. The zero-order valence-corrected chi connectivity index (χ0v) is 10.6. The summed E-state index contributed by atoms with van der Waals surface area (Å²) in [7, 11) is 0. The molecule has 1 atom stereocenters. The number of nitrogens with one attached hydrogen (secondary N) is 1. The maximum Gasteiger partial charge on any atom is 0.188 e. The van der Waals surface area contributed by atoms with Gasteiger partial charge in [0, 0.05) is 19.1 Å². The average Bonchev–Trinajstić information content (AvgIpc) is 2.26. The molecular weight excluding hydrogens is 204 g/mol. The zero-order chi connectivity index (χ0) is 12.0. The quantitative estimate of drug-likeness (QED) is 0.526. The Balaban J connectivity index is 2.30. The number of hydrogen-bond donors (Lipinski definition) is 2. The van der Waals surface area contributed by atoms with Gasteiger partial charge in [0.2, 0.25) is 0 Å². The molecule has 0 aromatic rings. The van der Waals surface area contributed by atoms with E-state index in [-0.39, 0.29) is 6.10 Å². The Morgan fingerprint density at radius 1 is 1.62 bits per heavy atom. The van der Waals surface area contributed by atoms with E-state index < -0.39 is 0 Å². The largest absolute Gasteiger partial charge is 0.374 e. The number of nitrogens with zero attached hydrogens (tertiary/aromatic N) is 2. The van der Waals surface area contributed by atoms with Crippen molar-refractivity contribution in [2.45, 2.75) is 32.9 Å². The van der Waals surface area contributed by atoms with Crippen LogP contribution < -0.4 is 11.1 Å². The highest BCUT2D eigenvalue weighted by Gasteiger charge is 2.18. The Hall–Kier alpha value is -0.810. The fourth-order valence-corrected chi connectivity index (χ4v) is 1.72. The summed E-state index contributed by atoms with van der Waals surface area (Å²) in [5.41, 5.74) is 5.73. The molecule has 1 aliphatic rings. The van der Waals surface area contributed by atoms with Crippen LogP contribution in [0.3, 0.4) is 0 Å². The molecule has 1 saturated heterocycles. The van der Waals surface area contributed by atoms with Gasteiger partial charge in [-0.05, 0) is 20.4 Å². The fraction of sp³-hybridized carbons (Fsp3) is 0.909. The van der Waals surface area contributed by atoms with Crippen LogP contribution in [-0.2, 0) is 4.74 Å². The van der Waals surface area contributed by atoms with Crippen molar-refractivity contribution in [1.82, 2.24) is 10.2 Å². The van der Waals surface area contributed by atoms with Gasteiger partial charge in [-0.3, -0.25) is 9.89 Å². The number of rotatable bonds is 4. The van der Waals surface area contributed by atoms with Crippen LogP contribution in [0, 0.1) is 0 Å². The van der Waals surface area contributed by atoms with E-state index in [0.29, 0.717) is 18.5 Å². The van der Waals surface area contributed by atoms with Gasteiger partial charge in [-0.2, -0.15) is 0 Å². The number of likely N-dealkylation sites (N-methyl/N-ethyl adjacent to an activating group) is 1. The van der Waals surface area contributed by atoms with Crippen LogP contribution >= 0.6 is 0 Å². The number of ether oxygens (including phenoxy) is 1. The molecule has 0 amide bonds. The number of guanidine groups is 1. The molecule has 0 saturated carbocycles. The SMILES string of the molecule is CCN1CCOC(CN=C(N)NC(C)C)C1. The number of hydrogen-bond acceptors (Lipinski definition) is 3. The molecule has 0 spiro atoms. The molecule has 1 fully saturated rings. The Morgan fingerprint density at radius 3 is 3.00 bits per heavy atom. The lowest BCUT2D eigenvalue weighted by Crippen LogP contribution is -2.44. The normalized spacial score (nSPS) is 23.8. The molecule has 1 unspecified atom stereocenters. The highest BCUT2D eigenvalue weighted by Crippen LogP contribution is 2.04. The number of aliphatic imine (C=N–C) groups is 1. The maximum absolute atomic E-state index is 5.73. The summed E-state index contributed by atoms with van der Waals surface area (Å²) in [6.07, 6.45) is 0.182. The minimum Gasteiger partial charge on any atom is -0.374 e. The Bertz CT molecular complexity index is 230. The van der Waals surface area contributed by atoms with Crippen molar-refractivity contribution in [3.63, 3.8) is 0 Å². The molecule has 1 aliphatic heterocycles. The zero-order valence-electron chi connectivity index (χ0n) is 10.6. The first-order valence-electron chi connectivity index (χ1n) is 6.02. The van der Waals surface area contributed by atoms with E-state index in [1.807, 2.05) is 13.8 Å². The van der Waals surface area contributed by atoms with Gasteiger partial charge in [0.15, 0.2) is 5.96 Å². The second-order valence-corrected chi connectivity index (χ2v) is 4.41. The third kappa shape index (κ3) is 4.81. The average molecular weight is 228 g/mol. The minimum absolute atomic E-state index is 0.182. The second kappa shape index (κ2) is 6.70. The van der Waals surface area contributed by atoms with E-state index in [9.17, 15) is 0 Å². The molecule has 16 heavy (non-hydrogen) atoms. The monoisotopic (exact) mass is 228 g/mol. The summed E-state index contributed by atoms with van der Waals surface area (Å²) in [6, 6.07) is 0.322. The van der Waals surface area contributed by atoms with Gasteiger partial charge in [-0.1, -0.05) is 6.92 Å². The molecule has 5 heteroatoms. The summed E-state index contributed by atoms with van der Waals surface area (Å²) in [4.78, 5) is 6.66. The van der Waals surface area contributed by atoms with Crippen molar-refractivity contribution in [1.29, 1.82) is 0 Å². The Labute approximate surface area is 98.0 Å². The molecule has 0 aliphatic carbocycles. The van der Waals surface area contributed by atoms with Crippen LogP contribution in [0.1, 0.15) is 20.8 Å². The van der Waals surface area contributed by atoms with E-state index in [2.05, 4.69) is 22.1 Å². The number of nitrogens with two attached hydrogens (primary N) is 1. The van der Waals surface area contributed by atoms with Crippen molar-refractivity contribution in [2.75, 3.05) is 32.8 Å². The van der Waals surface area contributed by atoms with Crippen molar-refractivity contribution in [3.8, 4) is 0 Å². The molecule has 3 N–H and O–H groups in total. The van der Waals surface area contributed by atoms with Crippen LogP contribution in [0.5, 0.6) is 0 Å². The predicted molar refractivity (Wildman–Crippen MR) is 66.6 cm³/mol. The standard InChI is InChI=1S/C11H24N4O/c1-4-15-5-6-16-10(8-15)7-13-11(12)14-9(2)3/h9-10H,4-8H2,1-3H3,(H3,12,13,14). The minimum atomic E-state index is 0.182. The predicted octanol–water partition coefficient (Wildman–Crippen LogP) is 0.0198. The van der Waals surface area contributed by atoms with Gasteiger partial charge in [0.25, 0.3) is 0 Å². The molecule has 0 bridgehead atoms. The van der Waals surface area contributed by atoms with Crippen molar-refractivity contribution in [2.24, 2.45) is 10.7 Å². The summed E-state index contributed by atoms with van der Waals surface area (Å²) in [6.45, 7) is 10.7. The van der Waals surface area contributed by atoms with Crippen molar-refractivity contribution in [3.05, 3.63) is 0 Å². The molecule has 1 heterocycles. The highest BCUT2D eigenvalue weighted by atomic mass is 16.5. The van der Waals surface area contributed by atoms with E-state index in [4.69, 9.17) is 10.5 Å². The number of morpholine rings is 1. The smallest absolute Gasteiger partial charge is 0.188 e. The first-order valence-corrected chi connectivity index (χ1v) is 6.02. The van der Waals surface area contributed by atoms with Crippen LogP contribution in [0.2, 0.25) is 0 Å². The first kappa shape index (κ1) is 13.3. The van der Waals surface area contributed by atoms with Crippen LogP contribution in [0.15, 0.2) is 4.99 Å². The topological polar surface area (TPSA) is 62.9 Å². The van der Waals surface area contributed by atoms with Gasteiger partial charge >= 0.3 is 0 Å². The summed E-state index contributed by atoms with van der Waals surface area (Å²) in [5.74, 6) is 0.507. The molecule has 1 rings (SSSR count). The van der Waals surface area contributed by atoms with E-state index in [1.54, 1.807) is 0 Å². The molecule has 0 aromatic carbocycles. The molecule has 0 radical (unpaired) electrons. The van der Waals surface area contributed by atoms with Gasteiger partial charge in [-0.25, -0.2) is 0 Å². The van der Waals surface area contributed by atoms with E-state index >= 15 is 0 Å². The second-order valence-electron chi connectivity index (χ2n) is 4.41. The van der Waals surface area contributed by atoms with Gasteiger partial charge in [0.1, 0.15) is 0 Å². The molecular formula is C11H24N4O. The Kier molecular flexibility index (Phi) is 5.55. The summed E-state index contributed by atoms with van der Waals surface area (Å²) in [5, 5.41) is 3.07. The van der Waals surface area contributed by atoms with Crippen LogP contribution in [0.4, 0.5) is 0 Å². The van der Waals surface area contributed by atoms with Crippen molar-refractivity contribution >= 4 is 5.96 Å². The highest BCUT2D eigenvalue weighted by molar-refractivity contribution is 5.78. The van der Waals surface area contributed by atoms with Gasteiger partial charge in [0.05, 0.1) is 19.3 Å². The lowest BCUT2D eigenvalue weighted by atomic mass is 10.3. The summed E-state index contributed by atoms with van der Waals surface area (Å²) < 4.78 is 5.63. The Morgan fingerprint density at radius 2 is 2.38 bits per heavy atom. The summed E-state index contributed by atoms with van der Waals surface area (Å²) >= 11 is 0. The van der Waals surface area contributed by atoms with Gasteiger partial charge in [-0.15, -0.1) is 0 Å². The lowest BCUT2D eigenvalue weighted by Gasteiger charge is -2.31. The third-order valence-electron chi connectivity index (χ3n) is 2.57. The van der Waals surface area contributed by atoms with Gasteiger partial charge < -0.3 is 15.8 Å². The van der Waals surface area contributed by atoms with E-state index in [1.165, 1.54) is 0 Å². The first-order chi connectivity index (χ1) is 7.61. The maximum atomic E-state index is 5.73. The van der Waals surface area contributed by atoms with Crippen LogP contribution in [0.25, 0.3) is 0 Å². The van der Waals surface area contributed by atoms with Crippen molar-refractivity contribution < 1.29 is 4.74 Å². The molecule has 94 valence electrons. The van der Waals surface area contributed by atoms with Crippen LogP contribution in [-0.4, -0.2) is 55.8 Å². The molecule has 0 aromatic heterocycles.